The van der Waals surface area contributed by atoms with E-state index in [1.54, 1.807) is 0 Å². The highest BCUT2D eigenvalue weighted by Gasteiger charge is 2.22. The fourth-order valence-electron chi connectivity index (χ4n) is 2.96. The number of hydrogen-bond donors (Lipinski definition) is 1. The van der Waals surface area contributed by atoms with Crippen LogP contribution in [0.25, 0.3) is 21.7 Å². The van der Waals surface area contributed by atoms with Gasteiger partial charge in [-0.3, -0.25) is 0 Å². The number of anilines is 1. The van der Waals surface area contributed by atoms with Crippen LogP contribution in [0.5, 0.6) is 0 Å². The molecule has 4 rings (SSSR count). The van der Waals surface area contributed by atoms with Gasteiger partial charge in [0.25, 0.3) is 0 Å². The number of hydrogen-bond acceptors (Lipinski definition) is 5. The Kier molecular flexibility index (Phi) is 2.89. The molecule has 0 unspecified atom stereocenters. The molecular weight excluding hydrogens is 280 g/mol. The fraction of sp³-hybridized carbons (Fsp3) is 0.312. The van der Waals surface area contributed by atoms with Crippen molar-refractivity contribution in [1.29, 1.82) is 0 Å². The normalized spacial score (nSPS) is 13.6. The van der Waals surface area contributed by atoms with Gasteiger partial charge in [-0.25, -0.2) is 15.0 Å². The zero-order valence-electron chi connectivity index (χ0n) is 12.1. The second kappa shape index (κ2) is 4.77. The lowest BCUT2D eigenvalue weighted by molar-refractivity contribution is 0.917. The molecule has 1 aliphatic rings. The summed E-state index contributed by atoms with van der Waals surface area (Å²) in [7, 11) is 1.92. The minimum absolute atomic E-state index is 0.704. The van der Waals surface area contributed by atoms with Crippen molar-refractivity contribution >= 4 is 27.4 Å². The van der Waals surface area contributed by atoms with E-state index in [0.29, 0.717) is 5.82 Å². The topological polar surface area (TPSA) is 50.7 Å². The molecule has 0 bridgehead atoms. The predicted octanol–water partition coefficient (Wildman–Crippen LogP) is 3.59. The summed E-state index contributed by atoms with van der Waals surface area (Å²) in [6.07, 6.45) is 3.58. The Bertz CT molecular complexity index is 838. The van der Waals surface area contributed by atoms with Crippen molar-refractivity contribution in [3.05, 3.63) is 34.3 Å². The average Bonchev–Trinajstić information content (AvgIpc) is 3.06. The summed E-state index contributed by atoms with van der Waals surface area (Å²) in [6.45, 7) is 1.99. The summed E-state index contributed by atoms with van der Waals surface area (Å²) in [5.74, 6) is 1.63. The highest BCUT2D eigenvalue weighted by molar-refractivity contribution is 7.19. The van der Waals surface area contributed by atoms with Crippen LogP contribution in [-0.2, 0) is 12.8 Å². The SMILES string of the molecule is CNc1nc(-c2cccc(C)n2)nc2sc3c(c12)CCC3. The highest BCUT2D eigenvalue weighted by Crippen LogP contribution is 2.40. The number of nitrogens with zero attached hydrogens (tertiary/aromatic N) is 3. The maximum atomic E-state index is 4.76. The van der Waals surface area contributed by atoms with Crippen molar-refractivity contribution < 1.29 is 0 Å². The van der Waals surface area contributed by atoms with Gasteiger partial charge in [0.2, 0.25) is 0 Å². The first-order valence-electron chi connectivity index (χ1n) is 7.20. The first kappa shape index (κ1) is 12.7. The molecule has 0 amide bonds. The van der Waals surface area contributed by atoms with Crippen LogP contribution in [0.3, 0.4) is 0 Å². The minimum Gasteiger partial charge on any atom is -0.372 e. The van der Waals surface area contributed by atoms with Crippen molar-refractivity contribution in [2.24, 2.45) is 0 Å². The van der Waals surface area contributed by atoms with Crippen molar-refractivity contribution in [2.45, 2.75) is 26.2 Å². The van der Waals surface area contributed by atoms with E-state index >= 15 is 0 Å². The average molecular weight is 296 g/mol. The van der Waals surface area contributed by atoms with Crippen LogP contribution in [0, 0.1) is 6.92 Å². The summed E-state index contributed by atoms with van der Waals surface area (Å²) in [5.41, 5.74) is 3.26. The molecule has 21 heavy (non-hydrogen) atoms. The molecule has 3 aromatic heterocycles. The maximum Gasteiger partial charge on any atom is 0.181 e. The van der Waals surface area contributed by atoms with Gasteiger partial charge in [0.15, 0.2) is 5.82 Å². The number of fused-ring (bicyclic) bond motifs is 3. The molecule has 0 aliphatic heterocycles. The second-order valence-electron chi connectivity index (χ2n) is 5.35. The van der Waals surface area contributed by atoms with Crippen molar-refractivity contribution in [1.82, 2.24) is 15.0 Å². The van der Waals surface area contributed by atoms with E-state index < -0.39 is 0 Å². The monoisotopic (exact) mass is 296 g/mol. The van der Waals surface area contributed by atoms with E-state index in [-0.39, 0.29) is 0 Å². The zero-order valence-corrected chi connectivity index (χ0v) is 12.9. The summed E-state index contributed by atoms with van der Waals surface area (Å²) >= 11 is 1.81. The standard InChI is InChI=1S/C16H16N4S/c1-9-5-3-7-11(18-9)14-19-15(17-2)13-10-6-4-8-12(10)21-16(13)20-14/h3,5,7H,4,6,8H2,1-2H3,(H,17,19,20). The smallest absolute Gasteiger partial charge is 0.181 e. The number of thiophene rings is 1. The van der Waals surface area contributed by atoms with Crippen LogP contribution in [0.1, 0.15) is 22.6 Å². The second-order valence-corrected chi connectivity index (χ2v) is 6.43. The van der Waals surface area contributed by atoms with E-state index in [4.69, 9.17) is 9.97 Å². The maximum absolute atomic E-state index is 4.76. The summed E-state index contributed by atoms with van der Waals surface area (Å²) < 4.78 is 0. The van der Waals surface area contributed by atoms with E-state index in [2.05, 4.69) is 10.3 Å². The van der Waals surface area contributed by atoms with Crippen molar-refractivity contribution in [3.8, 4) is 11.5 Å². The lowest BCUT2D eigenvalue weighted by atomic mass is 10.2. The number of pyridine rings is 1. The van der Waals surface area contributed by atoms with Gasteiger partial charge in [-0.2, -0.15) is 0 Å². The van der Waals surface area contributed by atoms with Crippen LogP contribution in [-0.4, -0.2) is 22.0 Å². The van der Waals surface area contributed by atoms with Gasteiger partial charge in [0.1, 0.15) is 16.3 Å². The first-order chi connectivity index (χ1) is 10.3. The third kappa shape index (κ3) is 2.00. The van der Waals surface area contributed by atoms with E-state index in [9.17, 15) is 0 Å². The third-order valence-corrected chi connectivity index (χ3v) is 5.10. The zero-order chi connectivity index (χ0) is 14.4. The van der Waals surface area contributed by atoms with Crippen molar-refractivity contribution in [3.63, 3.8) is 0 Å². The van der Waals surface area contributed by atoms with E-state index in [0.717, 1.165) is 28.5 Å². The Labute approximate surface area is 127 Å². The van der Waals surface area contributed by atoms with Gasteiger partial charge < -0.3 is 5.32 Å². The first-order valence-corrected chi connectivity index (χ1v) is 8.02. The van der Waals surface area contributed by atoms with Gasteiger partial charge >= 0.3 is 0 Å². The van der Waals surface area contributed by atoms with Gasteiger partial charge in [-0.15, -0.1) is 11.3 Å². The van der Waals surface area contributed by atoms with Crippen LogP contribution in [0.4, 0.5) is 5.82 Å². The fourth-order valence-corrected chi connectivity index (χ4v) is 4.22. The van der Waals surface area contributed by atoms with Crippen LogP contribution in [0.15, 0.2) is 18.2 Å². The lowest BCUT2D eigenvalue weighted by Crippen LogP contribution is -1.99. The Hall–Kier alpha value is -2.01. The van der Waals surface area contributed by atoms with Gasteiger partial charge in [-0.05, 0) is 43.9 Å². The Morgan fingerprint density at radius 3 is 2.86 bits per heavy atom. The third-order valence-electron chi connectivity index (χ3n) is 3.92. The molecule has 0 radical (unpaired) electrons. The molecule has 0 saturated carbocycles. The van der Waals surface area contributed by atoms with Crippen LogP contribution >= 0.6 is 11.3 Å². The lowest BCUT2D eigenvalue weighted by Gasteiger charge is -2.07. The molecule has 1 N–H and O–H groups in total. The van der Waals surface area contributed by atoms with Gasteiger partial charge in [0, 0.05) is 17.6 Å². The van der Waals surface area contributed by atoms with Crippen LogP contribution in [0.2, 0.25) is 0 Å². The quantitative estimate of drug-likeness (QED) is 0.785. The number of aromatic nitrogens is 3. The molecule has 3 aromatic rings. The molecule has 5 heteroatoms. The highest BCUT2D eigenvalue weighted by atomic mass is 32.1. The largest absolute Gasteiger partial charge is 0.372 e. The summed E-state index contributed by atoms with van der Waals surface area (Å²) in [5, 5.41) is 4.45. The molecule has 1 aliphatic carbocycles. The Balaban J connectivity index is 1.96. The summed E-state index contributed by atoms with van der Waals surface area (Å²) in [6, 6.07) is 5.95. The van der Waals surface area contributed by atoms with Crippen LogP contribution < -0.4 is 5.32 Å². The molecule has 0 spiro atoms. The van der Waals surface area contributed by atoms with Crippen molar-refractivity contribution in [2.75, 3.05) is 12.4 Å². The summed E-state index contributed by atoms with van der Waals surface area (Å²) in [4.78, 5) is 16.6. The van der Waals surface area contributed by atoms with Gasteiger partial charge in [-0.1, -0.05) is 6.07 Å². The number of rotatable bonds is 2. The Morgan fingerprint density at radius 2 is 2.05 bits per heavy atom. The molecule has 3 heterocycles. The van der Waals surface area contributed by atoms with E-state index in [1.165, 1.54) is 28.7 Å². The molecule has 0 fully saturated rings. The molecule has 0 saturated heterocycles. The molecule has 106 valence electrons. The van der Waals surface area contributed by atoms with Gasteiger partial charge in [0.05, 0.1) is 5.39 Å². The van der Waals surface area contributed by atoms with E-state index in [1.807, 2.05) is 43.5 Å². The molecule has 4 nitrogen and oxygen atoms in total. The minimum atomic E-state index is 0.704. The Morgan fingerprint density at radius 1 is 1.14 bits per heavy atom. The number of aryl methyl sites for hydroxylation is 3. The number of nitrogens with one attached hydrogen (secondary N) is 1. The molecular formula is C16H16N4S. The molecule has 0 atom stereocenters. The predicted molar refractivity (Wildman–Crippen MR) is 87.0 cm³/mol. The molecule has 0 aromatic carbocycles.